The molecule has 3 aromatic heterocycles. The third-order valence-corrected chi connectivity index (χ3v) is 22.9. The van der Waals surface area contributed by atoms with Gasteiger partial charge < -0.3 is 50.8 Å². The number of fused-ring (bicyclic) bond motifs is 3. The number of carboxylic acid groups (broad SMARTS) is 1. The average Bonchev–Trinajstić information content (AvgIpc) is 1.63. The van der Waals surface area contributed by atoms with Gasteiger partial charge in [0.1, 0.15) is 41.5 Å². The number of carbonyl (C=O) groups excluding carboxylic acids is 7. The van der Waals surface area contributed by atoms with E-state index in [1.165, 1.54) is 45.6 Å². The highest BCUT2D eigenvalue weighted by Gasteiger charge is 2.40. The molecule has 12 aromatic rings. The van der Waals surface area contributed by atoms with Gasteiger partial charge in [-0.2, -0.15) is 15.3 Å². The van der Waals surface area contributed by atoms with Crippen LogP contribution in [0.4, 0.5) is 4.39 Å². The second-order valence-corrected chi connectivity index (χ2v) is 32.0. The number of carbonyl (C=O) groups is 8. The largest absolute Gasteiger partial charge is 0.508 e. The number of nitrogens with one attached hydrogen (secondary N) is 4. The SMILES string of the molecule is COC(=O)C(Cc1ccc(O)cc1)NC(=O)C1CCCc2c1nn(-c1ccc(C)cc1)c2-c1ccc(Cl)cc1.COC(=O)C(Cc1ccc(O)cc1)NC(=O)C1CCCc2c1nn(-c1ccc(F)cc1)c2-c1ccc(Cl)cc1.COC(=O)C(Cc1ccccc1)NC(=O)C(CC(=O)O)NC(=O)C1CCCc2c1nn(-c1ccc(C)cc1)c2-c1ccc(Cl)cc1. The van der Waals surface area contributed by atoms with Crippen molar-refractivity contribution in [1.29, 1.82) is 0 Å². The Bertz CT molecular complexity index is 5590. The van der Waals surface area contributed by atoms with Crippen LogP contribution in [-0.2, 0) is 91.1 Å². The number of aliphatic carboxylic acids is 1. The van der Waals surface area contributed by atoms with Crippen molar-refractivity contribution in [3.63, 3.8) is 0 Å². The Kier molecular flexibility index (Phi) is 29.0. The normalized spacial score (nSPS) is 15.3. The van der Waals surface area contributed by atoms with E-state index in [0.29, 0.717) is 70.7 Å². The number of phenols is 2. The highest BCUT2D eigenvalue weighted by atomic mass is 35.5. The minimum Gasteiger partial charge on any atom is -0.508 e. The number of aromatic hydroxyl groups is 2. The molecule has 0 radical (unpaired) electrons. The van der Waals surface area contributed by atoms with E-state index in [1.807, 2.05) is 126 Å². The Balaban J connectivity index is 0.000000161. The lowest BCUT2D eigenvalue weighted by atomic mass is 9.85. The highest BCUT2D eigenvalue weighted by molar-refractivity contribution is 6.31. The van der Waals surface area contributed by atoms with Crippen LogP contribution in [0.1, 0.15) is 124 Å². The molecule has 0 saturated carbocycles. The number of carboxylic acids is 1. The summed E-state index contributed by atoms with van der Waals surface area (Å²) in [4.78, 5) is 104. The molecule has 0 aliphatic heterocycles. The number of hydrogen-bond donors (Lipinski definition) is 7. The van der Waals surface area contributed by atoms with E-state index in [9.17, 15) is 58.1 Å². The molecule has 4 amide bonds. The smallest absolute Gasteiger partial charge is 0.328 e. The Hall–Kier alpha value is -13.2. The van der Waals surface area contributed by atoms with E-state index < -0.39 is 84.0 Å². The number of benzene rings is 9. The van der Waals surface area contributed by atoms with E-state index in [4.69, 9.17) is 64.3 Å². The molecule has 24 nitrogen and oxygen atoms in total. The second-order valence-electron chi connectivity index (χ2n) is 30.7. The van der Waals surface area contributed by atoms with Crippen LogP contribution in [0.3, 0.4) is 0 Å². The van der Waals surface area contributed by atoms with Gasteiger partial charge in [-0.1, -0.05) is 161 Å². The maximum absolute atomic E-state index is 13.9. The molecule has 124 heavy (non-hydrogen) atoms. The lowest BCUT2D eigenvalue weighted by molar-refractivity contribution is -0.146. The second kappa shape index (κ2) is 40.6. The predicted molar refractivity (Wildman–Crippen MR) is 468 cm³/mol. The topological polar surface area (TPSA) is 327 Å². The Morgan fingerprint density at radius 2 is 0.702 bits per heavy atom. The van der Waals surface area contributed by atoms with Crippen LogP contribution in [0.5, 0.6) is 11.5 Å². The average molecular weight is 1740 g/mol. The van der Waals surface area contributed by atoms with Gasteiger partial charge in [-0.15, -0.1) is 0 Å². The van der Waals surface area contributed by atoms with E-state index in [0.717, 1.165) is 115 Å². The number of hydrogen-bond acceptors (Lipinski definition) is 16. The van der Waals surface area contributed by atoms with E-state index in [2.05, 4.69) is 21.3 Å². The summed E-state index contributed by atoms with van der Waals surface area (Å²) < 4.78 is 34.0. The molecule has 7 atom stereocenters. The first kappa shape index (κ1) is 88.6. The molecule has 28 heteroatoms. The number of rotatable bonds is 25. The van der Waals surface area contributed by atoms with Crippen molar-refractivity contribution in [2.24, 2.45) is 0 Å². The standard InChI is InChI=1S/C35H35ClN4O6.C31H30ClN3O4.C30H27ClFN3O4/c1-21-11-17-25(18-12-21)40-32(23-13-15-24(36)16-14-23)26-9-6-10-27(31(26)39-40)33(43)37-28(20-30(41)42)34(44)38-29(35(45)46-2)19-22-7-4-3-5-8-22;1-19-6-14-23(15-7-19)35-29(21-10-12-22(32)13-11-21)25-4-3-5-26(28(25)34-35)30(37)33-27(31(38)39-2)18-20-8-16-24(36)17-9-20;1-39-30(38)26(17-18-5-15-23(36)16-6-18)33-29(37)25-4-2-3-24-27(25)34-35(22-13-11-21(32)12-14-22)28(24)19-7-9-20(31)10-8-19/h3-5,7-8,11-18,27-29H,6,9-10,19-20H2,1-2H3,(H,37,43)(H,38,44)(H,41,42);6-17,26-27,36H,3-5,18H2,1-2H3,(H,33,37);5-16,25-26,36H,2-4,17H2,1H3,(H,33,37). The van der Waals surface area contributed by atoms with Crippen LogP contribution >= 0.6 is 34.8 Å². The molecule has 0 bridgehead atoms. The number of phenolic OH excluding ortho intramolecular Hbond substituents is 2. The van der Waals surface area contributed by atoms with Gasteiger partial charge in [0.15, 0.2) is 0 Å². The van der Waals surface area contributed by atoms with Crippen molar-refractivity contribution in [2.75, 3.05) is 21.3 Å². The fourth-order valence-electron chi connectivity index (χ4n) is 15.9. The molecular formula is C96H92Cl3FN10O14. The van der Waals surface area contributed by atoms with Gasteiger partial charge in [-0.05, 0) is 198 Å². The number of aryl methyl sites for hydroxylation is 2. The summed E-state index contributed by atoms with van der Waals surface area (Å²) >= 11 is 18.5. The van der Waals surface area contributed by atoms with Crippen LogP contribution in [0.25, 0.3) is 50.8 Å². The summed E-state index contributed by atoms with van der Waals surface area (Å²) in [5.41, 5.74) is 17.0. The molecule has 15 rings (SSSR count). The van der Waals surface area contributed by atoms with Gasteiger partial charge >= 0.3 is 23.9 Å². The van der Waals surface area contributed by atoms with Crippen LogP contribution in [0.2, 0.25) is 15.1 Å². The highest BCUT2D eigenvalue weighted by Crippen LogP contribution is 2.43. The number of ether oxygens (including phenoxy) is 3. The Labute approximate surface area is 730 Å². The fraction of sp³-hybridized carbons (Fsp3) is 0.260. The molecule has 9 aromatic carbocycles. The lowest BCUT2D eigenvalue weighted by Crippen LogP contribution is -2.54. The number of halogens is 4. The van der Waals surface area contributed by atoms with Gasteiger partial charge in [-0.25, -0.2) is 32.8 Å². The van der Waals surface area contributed by atoms with Crippen LogP contribution in [0.15, 0.2) is 224 Å². The molecular weight excluding hydrogens is 1640 g/mol. The van der Waals surface area contributed by atoms with Crippen molar-refractivity contribution in [1.82, 2.24) is 50.6 Å². The summed E-state index contributed by atoms with van der Waals surface area (Å²) in [7, 11) is 3.79. The van der Waals surface area contributed by atoms with Crippen LogP contribution in [-0.4, -0.2) is 138 Å². The van der Waals surface area contributed by atoms with E-state index in [-0.39, 0.29) is 48.4 Å². The quantitative estimate of drug-likeness (QED) is 0.0206. The zero-order chi connectivity index (χ0) is 87.8. The number of esters is 3. The molecule has 0 spiro atoms. The van der Waals surface area contributed by atoms with Crippen molar-refractivity contribution < 1.29 is 72.3 Å². The Morgan fingerprint density at radius 1 is 0.403 bits per heavy atom. The zero-order valence-electron chi connectivity index (χ0n) is 68.6. The monoisotopic (exact) mass is 1730 g/mol. The number of aromatic nitrogens is 6. The van der Waals surface area contributed by atoms with Gasteiger partial charge in [0, 0.05) is 67.7 Å². The van der Waals surface area contributed by atoms with Crippen molar-refractivity contribution in [3.8, 4) is 62.3 Å². The van der Waals surface area contributed by atoms with Gasteiger partial charge in [0.2, 0.25) is 23.6 Å². The van der Waals surface area contributed by atoms with E-state index >= 15 is 0 Å². The van der Waals surface area contributed by atoms with Crippen molar-refractivity contribution in [3.05, 3.63) is 307 Å². The van der Waals surface area contributed by atoms with Gasteiger partial charge in [-0.3, -0.25) is 24.0 Å². The molecule has 638 valence electrons. The molecule has 3 heterocycles. The maximum Gasteiger partial charge on any atom is 0.328 e. The summed E-state index contributed by atoms with van der Waals surface area (Å²) in [5, 5.41) is 56.5. The third kappa shape index (κ3) is 21.4. The summed E-state index contributed by atoms with van der Waals surface area (Å²) in [6.45, 7) is 4.03. The van der Waals surface area contributed by atoms with Crippen LogP contribution in [0, 0.1) is 19.7 Å². The van der Waals surface area contributed by atoms with Crippen LogP contribution < -0.4 is 21.3 Å². The molecule has 0 fully saturated rings. The number of nitrogens with zero attached hydrogens (tertiary/aromatic N) is 6. The molecule has 0 saturated heterocycles. The maximum atomic E-state index is 13.9. The summed E-state index contributed by atoms with van der Waals surface area (Å²) in [6, 6.07) is 62.2. The first-order chi connectivity index (χ1) is 59.8. The predicted octanol–water partition coefficient (Wildman–Crippen LogP) is 15.7. The summed E-state index contributed by atoms with van der Waals surface area (Å²) in [6.07, 6.45) is 5.98. The fourth-order valence-corrected chi connectivity index (χ4v) is 16.3. The summed E-state index contributed by atoms with van der Waals surface area (Å²) in [5.74, 6) is -6.91. The minimum absolute atomic E-state index is 0.111. The first-order valence-electron chi connectivity index (χ1n) is 40.6. The number of methoxy groups -OCH3 is 3. The van der Waals surface area contributed by atoms with Crippen molar-refractivity contribution >= 4 is 82.3 Å². The molecule has 3 aliphatic rings. The van der Waals surface area contributed by atoms with E-state index in [1.54, 1.807) is 102 Å². The van der Waals surface area contributed by atoms with Crippen molar-refractivity contribution in [2.45, 2.75) is 139 Å². The van der Waals surface area contributed by atoms with Gasteiger partial charge in [0.05, 0.1) is 96.7 Å². The zero-order valence-corrected chi connectivity index (χ0v) is 70.9. The first-order valence-corrected chi connectivity index (χ1v) is 41.7. The van der Waals surface area contributed by atoms with Gasteiger partial charge in [0.25, 0.3) is 0 Å². The number of amides is 4. The molecule has 3 aliphatic carbocycles. The minimum atomic E-state index is -1.44. The molecule has 7 unspecified atom stereocenters. The lowest BCUT2D eigenvalue weighted by Gasteiger charge is -2.25. The molecule has 7 N–H and O–H groups in total. The Morgan fingerprint density at radius 3 is 1.02 bits per heavy atom. The third-order valence-electron chi connectivity index (χ3n) is 22.2.